The van der Waals surface area contributed by atoms with Crippen LogP contribution in [0.3, 0.4) is 0 Å². The Hall–Kier alpha value is -3.54. The highest BCUT2D eigenvalue weighted by molar-refractivity contribution is 5.95. The average Bonchev–Trinajstić information content (AvgIpc) is 2.79. The lowest BCUT2D eigenvalue weighted by atomic mass is 9.72. The maximum atomic E-state index is 13.0. The van der Waals surface area contributed by atoms with E-state index >= 15 is 0 Å². The first-order chi connectivity index (χ1) is 14.9. The van der Waals surface area contributed by atoms with Gasteiger partial charge in [-0.05, 0) is 49.8 Å². The Bertz CT molecular complexity index is 1020. The second-order valence-electron chi connectivity index (χ2n) is 7.45. The van der Waals surface area contributed by atoms with Crippen molar-refractivity contribution in [1.29, 1.82) is 0 Å². The molecule has 3 rings (SSSR count). The number of carbonyl (C=O) groups is 2. The Morgan fingerprint density at radius 2 is 1.52 bits per heavy atom. The minimum absolute atomic E-state index is 0.370. The number of anilines is 1. The average molecular weight is 421 g/mol. The molecule has 162 valence electrons. The first-order valence-electron chi connectivity index (χ1n) is 9.95. The molecule has 31 heavy (non-hydrogen) atoms. The van der Waals surface area contributed by atoms with E-state index in [9.17, 15) is 9.59 Å². The van der Waals surface area contributed by atoms with Gasteiger partial charge in [0.15, 0.2) is 0 Å². The van der Waals surface area contributed by atoms with E-state index in [4.69, 9.17) is 14.2 Å². The van der Waals surface area contributed by atoms with Gasteiger partial charge in [-0.1, -0.05) is 35.4 Å². The molecule has 2 atom stereocenters. The Kier molecular flexibility index (Phi) is 6.80. The number of ether oxygens (including phenoxy) is 3. The van der Waals surface area contributed by atoms with Gasteiger partial charge in [0, 0.05) is 17.3 Å². The lowest BCUT2D eigenvalue weighted by Crippen LogP contribution is -2.33. The van der Waals surface area contributed by atoms with Crippen molar-refractivity contribution in [2.24, 2.45) is 5.92 Å². The minimum atomic E-state index is -0.656. The molecule has 0 unspecified atom stereocenters. The van der Waals surface area contributed by atoms with Gasteiger partial charge in [-0.2, -0.15) is 0 Å². The van der Waals surface area contributed by atoms with Crippen LogP contribution < -0.4 is 10.1 Å². The summed E-state index contributed by atoms with van der Waals surface area (Å²) in [5.74, 6) is -1.47. The van der Waals surface area contributed by atoms with Crippen molar-refractivity contribution in [3.8, 4) is 5.75 Å². The fraction of sp³-hybridized carbons (Fsp3) is 0.280. The number of carbonyl (C=O) groups excluding carboxylic acids is 2. The molecule has 0 saturated heterocycles. The van der Waals surface area contributed by atoms with E-state index < -0.39 is 23.8 Å². The summed E-state index contributed by atoms with van der Waals surface area (Å²) >= 11 is 0. The van der Waals surface area contributed by atoms with E-state index in [1.54, 1.807) is 19.2 Å². The molecular formula is C25H27NO5. The molecule has 1 aliphatic rings. The highest BCUT2D eigenvalue weighted by atomic mass is 16.5. The van der Waals surface area contributed by atoms with Gasteiger partial charge in [0.2, 0.25) is 0 Å². The van der Waals surface area contributed by atoms with Crippen molar-refractivity contribution in [3.63, 3.8) is 0 Å². The highest BCUT2D eigenvalue weighted by Gasteiger charge is 2.41. The fourth-order valence-electron chi connectivity index (χ4n) is 3.85. The molecule has 1 aliphatic carbocycles. The molecule has 0 fully saturated rings. The van der Waals surface area contributed by atoms with E-state index in [0.717, 1.165) is 22.4 Å². The highest BCUT2D eigenvalue weighted by Crippen LogP contribution is 2.43. The van der Waals surface area contributed by atoms with Gasteiger partial charge in [-0.25, -0.2) is 4.79 Å². The molecule has 1 N–H and O–H groups in total. The maximum absolute atomic E-state index is 13.0. The Labute approximate surface area is 182 Å². The number of rotatable bonds is 6. The van der Waals surface area contributed by atoms with Crippen LogP contribution in [0.15, 0.2) is 71.5 Å². The molecule has 0 aromatic heterocycles. The third kappa shape index (κ3) is 4.63. The largest absolute Gasteiger partial charge is 0.497 e. The van der Waals surface area contributed by atoms with Crippen LogP contribution in [0.5, 0.6) is 5.75 Å². The predicted molar refractivity (Wildman–Crippen MR) is 119 cm³/mol. The zero-order chi connectivity index (χ0) is 22.5. The summed E-state index contributed by atoms with van der Waals surface area (Å²) in [5, 5.41) is 3.33. The lowest BCUT2D eigenvalue weighted by molar-refractivity contribution is -0.144. The number of hydrogen-bond acceptors (Lipinski definition) is 6. The molecule has 0 radical (unpaired) electrons. The van der Waals surface area contributed by atoms with Gasteiger partial charge < -0.3 is 19.5 Å². The predicted octanol–water partition coefficient (Wildman–Crippen LogP) is 4.38. The van der Waals surface area contributed by atoms with Crippen molar-refractivity contribution < 1.29 is 23.8 Å². The SMILES string of the molecule is COC(=O)C1=C(Nc2ccc(C)cc2)C=C(C)[C@@H](C(=O)OC)[C@H]1c1ccc(OC)cc1. The van der Waals surface area contributed by atoms with E-state index in [-0.39, 0.29) is 0 Å². The number of allylic oxidation sites excluding steroid dienone is 1. The third-order valence-corrected chi connectivity index (χ3v) is 5.46. The fourth-order valence-corrected chi connectivity index (χ4v) is 3.85. The van der Waals surface area contributed by atoms with Crippen LogP contribution in [0.2, 0.25) is 0 Å². The summed E-state index contributed by atoms with van der Waals surface area (Å²) in [6.07, 6.45) is 1.81. The second kappa shape index (κ2) is 9.51. The van der Waals surface area contributed by atoms with E-state index in [0.29, 0.717) is 17.0 Å². The first kappa shape index (κ1) is 22.2. The van der Waals surface area contributed by atoms with Crippen molar-refractivity contribution in [1.82, 2.24) is 0 Å². The standard InChI is InChI=1S/C25H27NO5/c1-15-6-10-18(11-7-15)26-20-14-16(2)21(24(27)30-4)22(23(20)25(28)31-5)17-8-12-19(29-3)13-9-17/h6-14,21-22,26H,1-5H3/t21-,22-/m1/s1. The van der Waals surface area contributed by atoms with Crippen LogP contribution in [0, 0.1) is 12.8 Å². The number of aryl methyl sites for hydroxylation is 1. The molecule has 0 saturated carbocycles. The number of hydrogen-bond donors (Lipinski definition) is 1. The number of esters is 2. The monoisotopic (exact) mass is 421 g/mol. The Morgan fingerprint density at radius 3 is 2.06 bits per heavy atom. The van der Waals surface area contributed by atoms with Gasteiger partial charge in [-0.15, -0.1) is 0 Å². The zero-order valence-electron chi connectivity index (χ0n) is 18.4. The van der Waals surface area contributed by atoms with Crippen molar-refractivity contribution >= 4 is 17.6 Å². The van der Waals surface area contributed by atoms with Gasteiger partial charge >= 0.3 is 11.9 Å². The van der Waals surface area contributed by atoms with E-state index in [1.165, 1.54) is 14.2 Å². The third-order valence-electron chi connectivity index (χ3n) is 5.46. The van der Waals surface area contributed by atoms with Gasteiger partial charge in [-0.3, -0.25) is 4.79 Å². The van der Waals surface area contributed by atoms with Gasteiger partial charge in [0.1, 0.15) is 5.75 Å². The van der Waals surface area contributed by atoms with E-state index in [2.05, 4.69) is 5.32 Å². The molecular weight excluding hydrogens is 394 g/mol. The molecule has 6 heteroatoms. The molecule has 0 spiro atoms. The molecule has 0 bridgehead atoms. The maximum Gasteiger partial charge on any atom is 0.336 e. The summed E-state index contributed by atoms with van der Waals surface area (Å²) in [6.45, 7) is 3.87. The van der Waals surface area contributed by atoms with Crippen LogP contribution >= 0.6 is 0 Å². The second-order valence-corrected chi connectivity index (χ2v) is 7.45. The summed E-state index contributed by atoms with van der Waals surface area (Å²) in [6, 6.07) is 15.2. The summed E-state index contributed by atoms with van der Waals surface area (Å²) in [5.41, 5.74) is 4.49. The summed E-state index contributed by atoms with van der Waals surface area (Å²) in [7, 11) is 4.27. The number of benzene rings is 2. The van der Waals surface area contributed by atoms with E-state index in [1.807, 2.05) is 56.3 Å². The molecule has 2 aromatic rings. The van der Waals surface area contributed by atoms with Gasteiger partial charge in [0.25, 0.3) is 0 Å². The molecule has 0 amide bonds. The molecule has 0 aliphatic heterocycles. The van der Waals surface area contributed by atoms with Crippen molar-refractivity contribution in [2.75, 3.05) is 26.6 Å². The van der Waals surface area contributed by atoms with Crippen LogP contribution in [-0.2, 0) is 19.1 Å². The summed E-state index contributed by atoms with van der Waals surface area (Å²) < 4.78 is 15.5. The minimum Gasteiger partial charge on any atom is -0.497 e. The Balaban J connectivity index is 2.18. The van der Waals surface area contributed by atoms with Crippen LogP contribution in [0.25, 0.3) is 0 Å². The van der Waals surface area contributed by atoms with Crippen LogP contribution in [0.4, 0.5) is 5.69 Å². The smallest absolute Gasteiger partial charge is 0.336 e. The zero-order valence-corrected chi connectivity index (χ0v) is 18.4. The van der Waals surface area contributed by atoms with Gasteiger partial charge in [0.05, 0.1) is 32.8 Å². The van der Waals surface area contributed by atoms with Crippen molar-refractivity contribution in [3.05, 3.63) is 82.6 Å². The van der Waals surface area contributed by atoms with Crippen LogP contribution in [-0.4, -0.2) is 33.3 Å². The topological polar surface area (TPSA) is 73.9 Å². The normalized spacial score (nSPS) is 18.2. The number of methoxy groups -OCH3 is 3. The first-order valence-corrected chi connectivity index (χ1v) is 9.95. The Morgan fingerprint density at radius 1 is 0.871 bits per heavy atom. The van der Waals surface area contributed by atoms with Crippen LogP contribution in [0.1, 0.15) is 24.0 Å². The molecule has 0 heterocycles. The quantitative estimate of drug-likeness (QED) is 0.698. The summed E-state index contributed by atoms with van der Waals surface area (Å²) in [4.78, 5) is 25.7. The molecule has 6 nitrogen and oxygen atoms in total. The lowest BCUT2D eigenvalue weighted by Gasteiger charge is -2.33. The molecule has 2 aromatic carbocycles. The number of nitrogens with one attached hydrogen (secondary N) is 1. The van der Waals surface area contributed by atoms with Crippen molar-refractivity contribution in [2.45, 2.75) is 19.8 Å².